The topological polar surface area (TPSA) is 40.5 Å². The number of hydrogen-bond donors (Lipinski definition) is 2. The van der Waals surface area contributed by atoms with Crippen LogP contribution in [0.2, 0.25) is 0 Å². The lowest BCUT2D eigenvalue weighted by atomic mass is 9.56. The zero-order valence-corrected chi connectivity index (χ0v) is 12.2. The Morgan fingerprint density at radius 1 is 1.25 bits per heavy atom. The van der Waals surface area contributed by atoms with Crippen LogP contribution in [0.1, 0.15) is 56.1 Å². The second-order valence-electron chi connectivity index (χ2n) is 7.58. The molecule has 2 nitrogen and oxygen atoms in total. The van der Waals surface area contributed by atoms with Gasteiger partial charge in [-0.3, -0.25) is 0 Å². The average Bonchev–Trinajstić information content (AvgIpc) is 2.72. The fourth-order valence-corrected chi connectivity index (χ4v) is 5.59. The number of aryl methyl sites for hydroxylation is 1. The quantitative estimate of drug-likeness (QED) is 0.757. The number of aliphatic hydroxyl groups is 1. The van der Waals surface area contributed by atoms with Crippen molar-refractivity contribution < 1.29 is 10.2 Å². The maximum absolute atomic E-state index is 10.1. The van der Waals surface area contributed by atoms with Crippen LogP contribution in [0.5, 0.6) is 5.75 Å². The molecule has 2 heteroatoms. The van der Waals surface area contributed by atoms with Crippen LogP contribution in [0, 0.1) is 17.3 Å². The number of hydrogen-bond acceptors (Lipinski definition) is 2. The van der Waals surface area contributed by atoms with Gasteiger partial charge in [-0.25, -0.2) is 0 Å². The lowest BCUT2D eigenvalue weighted by Crippen LogP contribution is -2.39. The van der Waals surface area contributed by atoms with Crippen molar-refractivity contribution in [1.82, 2.24) is 0 Å². The molecule has 0 spiro atoms. The summed E-state index contributed by atoms with van der Waals surface area (Å²) >= 11 is 0. The molecule has 0 unspecified atom stereocenters. The highest BCUT2D eigenvalue weighted by Crippen LogP contribution is 2.60. The lowest BCUT2D eigenvalue weighted by molar-refractivity contribution is 0.0596. The first-order valence-corrected chi connectivity index (χ1v) is 8.07. The maximum Gasteiger partial charge on any atom is 0.115 e. The third kappa shape index (κ3) is 1.74. The van der Waals surface area contributed by atoms with Crippen molar-refractivity contribution in [1.29, 1.82) is 0 Å². The highest BCUT2D eigenvalue weighted by atomic mass is 16.3. The van der Waals surface area contributed by atoms with Gasteiger partial charge in [0, 0.05) is 0 Å². The summed E-state index contributed by atoms with van der Waals surface area (Å²) in [6.45, 7) is 2.40. The molecule has 0 aliphatic heterocycles. The van der Waals surface area contributed by atoms with Gasteiger partial charge < -0.3 is 10.2 Å². The number of aliphatic hydroxyl groups excluding tert-OH is 1. The Balaban J connectivity index is 1.70. The molecule has 1 aromatic carbocycles. The van der Waals surface area contributed by atoms with Crippen LogP contribution in [0.15, 0.2) is 18.2 Å². The Kier molecular flexibility index (Phi) is 2.69. The van der Waals surface area contributed by atoms with Crippen LogP contribution in [0.3, 0.4) is 0 Å². The Bertz CT molecular complexity index is 538. The predicted molar refractivity (Wildman–Crippen MR) is 78.7 cm³/mol. The fourth-order valence-electron chi connectivity index (χ4n) is 5.59. The van der Waals surface area contributed by atoms with E-state index in [2.05, 4.69) is 13.0 Å². The molecule has 3 aliphatic rings. The van der Waals surface area contributed by atoms with Crippen molar-refractivity contribution in [3.05, 3.63) is 29.3 Å². The van der Waals surface area contributed by atoms with E-state index >= 15 is 0 Å². The zero-order valence-electron chi connectivity index (χ0n) is 12.2. The Hall–Kier alpha value is -1.02. The van der Waals surface area contributed by atoms with E-state index in [1.807, 2.05) is 12.1 Å². The first-order valence-electron chi connectivity index (χ1n) is 8.07. The van der Waals surface area contributed by atoms with Crippen molar-refractivity contribution in [3.8, 4) is 5.75 Å². The number of rotatable bonds is 0. The molecule has 1 aromatic rings. The van der Waals surface area contributed by atoms with Crippen LogP contribution >= 0.6 is 0 Å². The molecule has 0 amide bonds. The second-order valence-corrected chi connectivity index (χ2v) is 7.58. The van der Waals surface area contributed by atoms with Crippen LogP contribution in [-0.4, -0.2) is 16.3 Å². The number of benzene rings is 1. The Labute approximate surface area is 120 Å². The molecule has 2 N–H and O–H groups in total. The molecule has 2 fully saturated rings. The molecule has 108 valence electrons. The van der Waals surface area contributed by atoms with Crippen molar-refractivity contribution in [2.45, 2.75) is 57.5 Å². The summed E-state index contributed by atoms with van der Waals surface area (Å²) < 4.78 is 0. The summed E-state index contributed by atoms with van der Waals surface area (Å²) in [5.41, 5.74) is 3.20. The van der Waals surface area contributed by atoms with Gasteiger partial charge in [0.25, 0.3) is 0 Å². The molecule has 0 heterocycles. The van der Waals surface area contributed by atoms with Gasteiger partial charge in [-0.15, -0.1) is 0 Å². The number of phenols is 1. The summed E-state index contributed by atoms with van der Waals surface area (Å²) in [6, 6.07) is 5.96. The van der Waals surface area contributed by atoms with Crippen molar-refractivity contribution in [2.75, 3.05) is 0 Å². The molecule has 3 aliphatic carbocycles. The van der Waals surface area contributed by atoms with Crippen LogP contribution in [0.25, 0.3) is 0 Å². The molecule has 5 atom stereocenters. The van der Waals surface area contributed by atoms with E-state index in [1.165, 1.54) is 30.4 Å². The van der Waals surface area contributed by atoms with Gasteiger partial charge in [0.2, 0.25) is 0 Å². The van der Waals surface area contributed by atoms with Gasteiger partial charge in [-0.05, 0) is 85.0 Å². The van der Waals surface area contributed by atoms with E-state index in [9.17, 15) is 10.2 Å². The molecule has 20 heavy (non-hydrogen) atoms. The van der Waals surface area contributed by atoms with Crippen molar-refractivity contribution >= 4 is 0 Å². The van der Waals surface area contributed by atoms with E-state index in [-0.39, 0.29) is 6.10 Å². The van der Waals surface area contributed by atoms with Crippen LogP contribution < -0.4 is 0 Å². The molecule has 0 radical (unpaired) electrons. The third-order valence-electron chi connectivity index (χ3n) is 6.46. The molecular weight excluding hydrogens is 248 g/mol. The minimum absolute atomic E-state index is 0.0787. The average molecular weight is 272 g/mol. The highest BCUT2D eigenvalue weighted by molar-refractivity contribution is 5.40. The minimum atomic E-state index is -0.0787. The molecule has 0 aromatic heterocycles. The number of aromatic hydroxyl groups is 1. The Morgan fingerprint density at radius 2 is 2.10 bits per heavy atom. The first-order chi connectivity index (χ1) is 9.57. The molecule has 0 bridgehead atoms. The second kappa shape index (κ2) is 4.24. The SMILES string of the molecule is C[C@@]12CC[C@@H]3c4ccc(O)cc4CC[C@H]3[C@@H]1C[C@@H](O)C2. The largest absolute Gasteiger partial charge is 0.508 e. The molecular formula is C18H24O2. The standard InChI is InChI=1S/C18H24O2/c1-18-7-6-15-14-5-3-12(19)8-11(14)2-4-16(15)17(18)9-13(20)10-18/h3,5,8,13,15-17,19-20H,2,4,6-7,9-10H2,1H3/t13-,15-,16-,17+,18+/m1/s1. The summed E-state index contributed by atoms with van der Waals surface area (Å²) in [7, 11) is 0. The first kappa shape index (κ1) is 12.7. The molecule has 4 rings (SSSR count). The number of fused-ring (bicyclic) bond motifs is 5. The van der Waals surface area contributed by atoms with Gasteiger partial charge in [-0.2, -0.15) is 0 Å². The summed E-state index contributed by atoms with van der Waals surface area (Å²) in [6.07, 6.45) is 6.75. The number of phenolic OH excluding ortho intramolecular Hbond substituents is 1. The summed E-state index contributed by atoms with van der Waals surface area (Å²) in [4.78, 5) is 0. The van der Waals surface area contributed by atoms with Gasteiger partial charge in [0.1, 0.15) is 5.75 Å². The van der Waals surface area contributed by atoms with E-state index in [4.69, 9.17) is 0 Å². The molecule has 2 saturated carbocycles. The summed E-state index contributed by atoms with van der Waals surface area (Å²) in [5, 5.41) is 19.8. The van der Waals surface area contributed by atoms with Gasteiger partial charge in [0.15, 0.2) is 0 Å². The van der Waals surface area contributed by atoms with Crippen molar-refractivity contribution in [2.24, 2.45) is 17.3 Å². The fraction of sp³-hybridized carbons (Fsp3) is 0.667. The van der Waals surface area contributed by atoms with Gasteiger partial charge in [-0.1, -0.05) is 13.0 Å². The normalized spacial score (nSPS) is 42.7. The van der Waals surface area contributed by atoms with Crippen LogP contribution in [-0.2, 0) is 6.42 Å². The summed E-state index contributed by atoms with van der Waals surface area (Å²) in [5.74, 6) is 2.49. The maximum atomic E-state index is 10.1. The van der Waals surface area contributed by atoms with E-state index < -0.39 is 0 Å². The Morgan fingerprint density at radius 3 is 2.95 bits per heavy atom. The predicted octanol–water partition coefficient (Wildman–Crippen LogP) is 3.61. The van der Waals surface area contributed by atoms with Gasteiger partial charge >= 0.3 is 0 Å². The van der Waals surface area contributed by atoms with Crippen LogP contribution in [0.4, 0.5) is 0 Å². The monoisotopic (exact) mass is 272 g/mol. The smallest absolute Gasteiger partial charge is 0.115 e. The zero-order chi connectivity index (χ0) is 13.9. The van der Waals surface area contributed by atoms with E-state index in [0.29, 0.717) is 23.0 Å². The van der Waals surface area contributed by atoms with Gasteiger partial charge in [0.05, 0.1) is 6.10 Å². The molecule has 0 saturated heterocycles. The minimum Gasteiger partial charge on any atom is -0.508 e. The van der Waals surface area contributed by atoms with Crippen molar-refractivity contribution in [3.63, 3.8) is 0 Å². The van der Waals surface area contributed by atoms with E-state index in [0.717, 1.165) is 25.2 Å². The third-order valence-corrected chi connectivity index (χ3v) is 6.46. The highest BCUT2D eigenvalue weighted by Gasteiger charge is 2.52. The lowest BCUT2D eigenvalue weighted by Gasteiger charge is -2.49. The van der Waals surface area contributed by atoms with E-state index in [1.54, 1.807) is 0 Å².